The van der Waals surface area contributed by atoms with Gasteiger partial charge in [0.05, 0.1) is 34.8 Å². The average molecular weight is 423 g/mol. The van der Waals surface area contributed by atoms with Gasteiger partial charge in [0.25, 0.3) is 0 Å². The van der Waals surface area contributed by atoms with Gasteiger partial charge in [-0.3, -0.25) is 14.6 Å². The normalized spacial score (nSPS) is 22.9. The summed E-state index contributed by atoms with van der Waals surface area (Å²) in [6.45, 7) is 3.88. The van der Waals surface area contributed by atoms with Crippen LogP contribution in [0.15, 0.2) is 24.3 Å². The first-order chi connectivity index (χ1) is 13.4. The van der Waals surface area contributed by atoms with E-state index in [-0.39, 0.29) is 17.7 Å². The molecule has 0 N–H and O–H groups in total. The molecule has 1 aromatic carbocycles. The predicted octanol–water partition coefficient (Wildman–Crippen LogP) is 1.06. The van der Waals surface area contributed by atoms with Crippen molar-refractivity contribution >= 4 is 37.3 Å². The summed E-state index contributed by atoms with van der Waals surface area (Å²) in [5, 5.41) is 1.02. The summed E-state index contributed by atoms with van der Waals surface area (Å²) < 4.78 is 24.5. The fourth-order valence-corrected chi connectivity index (χ4v) is 6.81. The number of aromatic nitrogens is 1. The second kappa shape index (κ2) is 8.06. The van der Waals surface area contributed by atoms with Crippen LogP contribution in [0, 0.1) is 0 Å². The number of hydrogen-bond acceptors (Lipinski definition) is 7. The molecule has 28 heavy (non-hydrogen) atoms. The highest BCUT2D eigenvalue weighted by Crippen LogP contribution is 2.22. The number of carbonyl (C=O) groups is 1. The van der Waals surface area contributed by atoms with Crippen LogP contribution in [0.1, 0.15) is 11.4 Å². The fraction of sp³-hybridized carbons (Fsp3) is 0.579. The van der Waals surface area contributed by atoms with Gasteiger partial charge >= 0.3 is 0 Å². The average Bonchev–Trinajstić information content (AvgIpc) is 3.23. The lowest BCUT2D eigenvalue weighted by atomic mass is 10.2. The molecular weight excluding hydrogens is 396 g/mol. The van der Waals surface area contributed by atoms with Crippen molar-refractivity contribution in [3.05, 3.63) is 29.3 Å². The zero-order valence-corrected chi connectivity index (χ0v) is 17.7. The van der Waals surface area contributed by atoms with Gasteiger partial charge in [0.15, 0.2) is 9.84 Å². The van der Waals surface area contributed by atoms with Crippen LogP contribution in [-0.4, -0.2) is 91.3 Å². The van der Waals surface area contributed by atoms with Crippen LogP contribution in [0.5, 0.6) is 0 Å². The molecule has 2 fully saturated rings. The summed E-state index contributed by atoms with van der Waals surface area (Å²) in [6, 6.07) is 8.20. The van der Waals surface area contributed by atoms with Crippen molar-refractivity contribution in [1.82, 2.24) is 19.7 Å². The number of fused-ring (bicyclic) bond motifs is 1. The molecule has 2 saturated heterocycles. The van der Waals surface area contributed by atoms with E-state index in [1.165, 1.54) is 4.70 Å². The van der Waals surface area contributed by atoms with Crippen molar-refractivity contribution in [2.45, 2.75) is 19.0 Å². The molecule has 0 spiro atoms. The molecule has 1 atom stereocenters. The van der Waals surface area contributed by atoms with Crippen molar-refractivity contribution in [3.8, 4) is 0 Å². The maximum atomic E-state index is 12.7. The van der Waals surface area contributed by atoms with Crippen molar-refractivity contribution in [3.63, 3.8) is 0 Å². The van der Waals surface area contributed by atoms with Gasteiger partial charge < -0.3 is 4.90 Å². The molecule has 1 amide bonds. The minimum absolute atomic E-state index is 0.127. The van der Waals surface area contributed by atoms with E-state index in [9.17, 15) is 13.2 Å². The van der Waals surface area contributed by atoms with Gasteiger partial charge in [-0.05, 0) is 25.6 Å². The Hall–Kier alpha value is -1.55. The Kier molecular flexibility index (Phi) is 5.69. The first kappa shape index (κ1) is 19.8. The summed E-state index contributed by atoms with van der Waals surface area (Å²) >= 11 is 1.67. The molecule has 0 radical (unpaired) electrons. The lowest BCUT2D eigenvalue weighted by Gasteiger charge is -2.38. The summed E-state index contributed by atoms with van der Waals surface area (Å²) in [7, 11) is -0.916. The number of rotatable bonds is 5. The number of piperazine rings is 1. The Bertz CT molecular complexity index is 918. The van der Waals surface area contributed by atoms with Gasteiger partial charge in [-0.25, -0.2) is 13.4 Å². The van der Waals surface area contributed by atoms with Crippen LogP contribution in [0.3, 0.4) is 0 Å². The Morgan fingerprint density at radius 1 is 1.25 bits per heavy atom. The third kappa shape index (κ3) is 4.53. The Morgan fingerprint density at radius 3 is 2.68 bits per heavy atom. The van der Waals surface area contributed by atoms with Gasteiger partial charge in [-0.2, -0.15) is 0 Å². The number of amides is 1. The molecule has 2 aliphatic rings. The van der Waals surface area contributed by atoms with Crippen LogP contribution in [-0.2, 0) is 21.2 Å². The van der Waals surface area contributed by atoms with Gasteiger partial charge in [-0.15, -0.1) is 11.3 Å². The summed E-state index contributed by atoms with van der Waals surface area (Å²) in [5.74, 6) is 0.696. The van der Waals surface area contributed by atoms with E-state index < -0.39 is 9.84 Å². The van der Waals surface area contributed by atoms with E-state index in [1.54, 1.807) is 11.3 Å². The lowest BCUT2D eigenvalue weighted by Crippen LogP contribution is -2.53. The minimum atomic E-state index is -2.86. The second-order valence-corrected chi connectivity index (χ2v) is 11.1. The quantitative estimate of drug-likeness (QED) is 0.717. The topological polar surface area (TPSA) is 73.8 Å². The van der Waals surface area contributed by atoms with Crippen LogP contribution < -0.4 is 0 Å². The minimum Gasteiger partial charge on any atom is -0.339 e. The molecule has 152 valence electrons. The van der Waals surface area contributed by atoms with E-state index in [4.69, 9.17) is 0 Å². The highest BCUT2D eigenvalue weighted by molar-refractivity contribution is 7.91. The van der Waals surface area contributed by atoms with Crippen molar-refractivity contribution in [1.29, 1.82) is 0 Å². The molecule has 2 aromatic rings. The summed E-state index contributed by atoms with van der Waals surface area (Å²) in [4.78, 5) is 23.4. The standard InChI is InChI=1S/C19H26N4O3S2/c1-21(12-18-20-16-4-2-3-5-17(16)27-18)13-19(24)23-9-7-22(8-10-23)15-6-11-28(25,26)14-15/h2-5,15H,6-14H2,1H3/t15-/m1/s1. The molecule has 2 aliphatic heterocycles. The van der Waals surface area contributed by atoms with E-state index >= 15 is 0 Å². The highest BCUT2D eigenvalue weighted by atomic mass is 32.2. The molecular formula is C19H26N4O3S2. The van der Waals surface area contributed by atoms with Gasteiger partial charge in [0.2, 0.25) is 5.91 Å². The zero-order valence-electron chi connectivity index (χ0n) is 16.1. The van der Waals surface area contributed by atoms with Gasteiger partial charge in [-0.1, -0.05) is 12.1 Å². The number of likely N-dealkylation sites (N-methyl/N-ethyl adjacent to an activating group) is 1. The van der Waals surface area contributed by atoms with Crippen LogP contribution in [0.4, 0.5) is 0 Å². The third-order valence-corrected chi connectivity index (χ3v) is 8.31. The SMILES string of the molecule is CN(CC(=O)N1CCN([C@@H]2CCS(=O)(=O)C2)CC1)Cc1nc2ccccc2s1. The Labute approximate surface area is 169 Å². The lowest BCUT2D eigenvalue weighted by molar-refractivity contribution is -0.134. The van der Waals surface area contributed by atoms with E-state index in [1.807, 2.05) is 35.0 Å². The number of para-hydroxylation sites is 1. The third-order valence-electron chi connectivity index (χ3n) is 5.54. The molecule has 4 rings (SSSR count). The van der Waals surface area contributed by atoms with Crippen LogP contribution >= 0.6 is 11.3 Å². The smallest absolute Gasteiger partial charge is 0.236 e. The maximum Gasteiger partial charge on any atom is 0.236 e. The van der Waals surface area contributed by atoms with Crippen molar-refractivity contribution in [2.75, 3.05) is 51.3 Å². The molecule has 0 saturated carbocycles. The van der Waals surface area contributed by atoms with E-state index in [2.05, 4.69) is 16.0 Å². The summed E-state index contributed by atoms with van der Waals surface area (Å²) in [5.41, 5.74) is 1.01. The number of benzene rings is 1. The highest BCUT2D eigenvalue weighted by Gasteiger charge is 2.34. The van der Waals surface area contributed by atoms with Gasteiger partial charge in [0, 0.05) is 32.2 Å². The molecule has 7 nitrogen and oxygen atoms in total. The second-order valence-electron chi connectivity index (χ2n) is 7.72. The zero-order chi connectivity index (χ0) is 19.7. The number of hydrogen-bond donors (Lipinski definition) is 0. The maximum absolute atomic E-state index is 12.7. The fourth-order valence-electron chi connectivity index (χ4n) is 4.01. The number of nitrogens with zero attached hydrogens (tertiary/aromatic N) is 4. The number of carbonyl (C=O) groups excluding carboxylic acids is 1. The predicted molar refractivity (Wildman–Crippen MR) is 111 cm³/mol. The van der Waals surface area contributed by atoms with Crippen LogP contribution in [0.25, 0.3) is 10.2 Å². The first-order valence-electron chi connectivity index (χ1n) is 9.65. The largest absolute Gasteiger partial charge is 0.339 e. The number of thiazole rings is 1. The molecule has 3 heterocycles. The van der Waals surface area contributed by atoms with Crippen molar-refractivity contribution < 1.29 is 13.2 Å². The summed E-state index contributed by atoms with van der Waals surface area (Å²) in [6.07, 6.45) is 0.723. The molecule has 1 aromatic heterocycles. The monoisotopic (exact) mass is 422 g/mol. The van der Waals surface area contributed by atoms with Crippen LogP contribution in [0.2, 0.25) is 0 Å². The molecule has 9 heteroatoms. The van der Waals surface area contributed by atoms with Crippen molar-refractivity contribution in [2.24, 2.45) is 0 Å². The molecule has 0 unspecified atom stereocenters. The Balaban J connectivity index is 1.26. The number of sulfone groups is 1. The first-order valence-corrected chi connectivity index (χ1v) is 12.3. The van der Waals surface area contributed by atoms with E-state index in [0.29, 0.717) is 31.9 Å². The van der Waals surface area contributed by atoms with Gasteiger partial charge in [0.1, 0.15) is 5.01 Å². The Morgan fingerprint density at radius 2 is 2.00 bits per heavy atom. The molecule has 0 aliphatic carbocycles. The molecule has 0 bridgehead atoms. The van der Waals surface area contributed by atoms with E-state index in [0.717, 1.165) is 30.0 Å².